The number of hydrogen-bond donors (Lipinski definition) is 1. The van der Waals surface area contributed by atoms with Gasteiger partial charge in [0, 0.05) is 23.5 Å². The van der Waals surface area contributed by atoms with Gasteiger partial charge < -0.3 is 10.1 Å². The highest BCUT2D eigenvalue weighted by atomic mass is 16.5. The van der Waals surface area contributed by atoms with Gasteiger partial charge in [-0.05, 0) is 73.9 Å². The number of Topliss-reactive ketones (excluding diaryl/α,β-unsaturated/α-hetero) is 1. The van der Waals surface area contributed by atoms with E-state index in [0.29, 0.717) is 22.6 Å². The van der Waals surface area contributed by atoms with Gasteiger partial charge in [0.15, 0.2) is 5.78 Å². The molecule has 0 radical (unpaired) electrons. The number of carbonyl (C=O) groups excluding carboxylic acids is 3. The van der Waals surface area contributed by atoms with Crippen molar-refractivity contribution in [3.05, 3.63) is 89.7 Å². The summed E-state index contributed by atoms with van der Waals surface area (Å²) in [5.41, 5.74) is 1.84. The Kier molecular flexibility index (Phi) is 8.10. The predicted octanol–water partition coefficient (Wildman–Crippen LogP) is 5.13. The Morgan fingerprint density at radius 2 is 1.72 bits per heavy atom. The lowest BCUT2D eigenvalue weighted by molar-refractivity contribution is -0.123. The van der Waals surface area contributed by atoms with Crippen LogP contribution in [-0.2, 0) is 4.79 Å². The van der Waals surface area contributed by atoms with Crippen LogP contribution in [0, 0.1) is 0 Å². The maximum absolute atomic E-state index is 13.9. The Morgan fingerprint density at radius 3 is 2.36 bits per heavy atom. The quantitative estimate of drug-likeness (QED) is 0.447. The molecule has 1 fully saturated rings. The molecule has 1 aliphatic rings. The van der Waals surface area contributed by atoms with Gasteiger partial charge in [0.05, 0.1) is 7.11 Å². The number of methoxy groups -OCH3 is 1. The van der Waals surface area contributed by atoms with E-state index in [0.717, 1.165) is 25.7 Å². The number of nitrogens with one attached hydrogen (secondary N) is 1. The van der Waals surface area contributed by atoms with E-state index in [4.69, 9.17) is 4.74 Å². The van der Waals surface area contributed by atoms with E-state index in [1.807, 2.05) is 6.07 Å². The van der Waals surface area contributed by atoms with Crippen LogP contribution in [0.5, 0.6) is 5.75 Å². The van der Waals surface area contributed by atoms with Gasteiger partial charge in [0.25, 0.3) is 5.91 Å². The number of anilines is 1. The number of aromatic nitrogens is 1. The summed E-state index contributed by atoms with van der Waals surface area (Å²) in [4.78, 5) is 45.4. The molecule has 0 spiro atoms. The van der Waals surface area contributed by atoms with Crippen molar-refractivity contribution in [1.29, 1.82) is 0 Å². The van der Waals surface area contributed by atoms with Gasteiger partial charge >= 0.3 is 0 Å². The summed E-state index contributed by atoms with van der Waals surface area (Å²) in [6, 6.07) is 18.1. The Balaban J connectivity index is 1.82. The van der Waals surface area contributed by atoms with Gasteiger partial charge in [-0.15, -0.1) is 0 Å². The molecular weight excluding hydrogens is 454 g/mol. The van der Waals surface area contributed by atoms with Gasteiger partial charge in [-0.3, -0.25) is 24.3 Å². The number of hydrogen-bond acceptors (Lipinski definition) is 5. The van der Waals surface area contributed by atoms with Crippen LogP contribution in [0.1, 0.15) is 71.5 Å². The van der Waals surface area contributed by atoms with Crippen LogP contribution in [-0.4, -0.2) is 35.7 Å². The third-order valence-electron chi connectivity index (χ3n) is 6.52. The Hall–Kier alpha value is -4.00. The number of nitrogens with zero attached hydrogens (tertiary/aromatic N) is 2. The first kappa shape index (κ1) is 25.1. The molecule has 0 saturated heterocycles. The Labute approximate surface area is 211 Å². The highest BCUT2D eigenvalue weighted by Gasteiger charge is 2.35. The number of ketones is 1. The SMILES string of the molecule is COc1cccc(C(C(=O)NC2CCCCC2)N(C(=O)c2ccccn2)c2ccc(C(C)=O)cc2)c1. The average molecular weight is 486 g/mol. The standard InChI is InChI=1S/C29H31N3O4/c1-20(33)21-14-16-24(17-15-21)32(29(35)26-13-6-7-18-30-26)27(22-9-8-12-25(19-22)36-2)28(34)31-23-10-4-3-5-11-23/h6-9,12-19,23,27H,3-5,10-11H2,1-2H3,(H,31,34). The average Bonchev–Trinajstić information content (AvgIpc) is 2.92. The van der Waals surface area contributed by atoms with Gasteiger partial charge in [-0.1, -0.05) is 37.5 Å². The van der Waals surface area contributed by atoms with Crippen molar-refractivity contribution in [1.82, 2.24) is 10.3 Å². The number of benzene rings is 2. The molecule has 4 rings (SSSR count). The molecule has 2 amide bonds. The summed E-state index contributed by atoms with van der Waals surface area (Å²) >= 11 is 0. The van der Waals surface area contributed by atoms with Crippen LogP contribution in [0.4, 0.5) is 5.69 Å². The minimum Gasteiger partial charge on any atom is -0.497 e. The molecule has 1 unspecified atom stereocenters. The van der Waals surface area contributed by atoms with Crippen LogP contribution >= 0.6 is 0 Å². The molecular formula is C29H31N3O4. The van der Waals surface area contributed by atoms with Crippen molar-refractivity contribution in [2.24, 2.45) is 0 Å². The molecule has 1 atom stereocenters. The van der Waals surface area contributed by atoms with E-state index in [9.17, 15) is 14.4 Å². The molecule has 1 N–H and O–H groups in total. The van der Waals surface area contributed by atoms with Crippen LogP contribution in [0.25, 0.3) is 0 Å². The van der Waals surface area contributed by atoms with Crippen LogP contribution in [0.15, 0.2) is 72.9 Å². The second-order valence-electron chi connectivity index (χ2n) is 9.02. The summed E-state index contributed by atoms with van der Waals surface area (Å²) in [6.07, 6.45) is 6.68. The Morgan fingerprint density at radius 1 is 0.972 bits per heavy atom. The summed E-state index contributed by atoms with van der Waals surface area (Å²) in [5.74, 6) is -0.184. The molecule has 7 nitrogen and oxygen atoms in total. The largest absolute Gasteiger partial charge is 0.497 e. The normalized spacial score (nSPS) is 14.5. The number of rotatable bonds is 8. The van der Waals surface area contributed by atoms with Crippen molar-refractivity contribution < 1.29 is 19.1 Å². The van der Waals surface area contributed by atoms with Crippen molar-refractivity contribution in [2.75, 3.05) is 12.0 Å². The fourth-order valence-corrected chi connectivity index (χ4v) is 4.61. The second kappa shape index (κ2) is 11.6. The predicted molar refractivity (Wildman–Crippen MR) is 138 cm³/mol. The second-order valence-corrected chi connectivity index (χ2v) is 9.02. The molecule has 7 heteroatoms. The summed E-state index contributed by atoms with van der Waals surface area (Å²) in [7, 11) is 1.56. The van der Waals surface area contributed by atoms with E-state index in [2.05, 4.69) is 10.3 Å². The lowest BCUT2D eigenvalue weighted by atomic mass is 9.94. The van der Waals surface area contributed by atoms with E-state index in [-0.39, 0.29) is 23.4 Å². The molecule has 1 aromatic heterocycles. The van der Waals surface area contributed by atoms with Gasteiger partial charge in [0.2, 0.25) is 5.91 Å². The highest BCUT2D eigenvalue weighted by Crippen LogP contribution is 2.32. The van der Waals surface area contributed by atoms with Crippen molar-refractivity contribution in [2.45, 2.75) is 51.1 Å². The molecule has 0 bridgehead atoms. The number of pyridine rings is 1. The maximum atomic E-state index is 13.9. The van der Waals surface area contributed by atoms with Crippen molar-refractivity contribution >= 4 is 23.3 Å². The Bertz CT molecular complexity index is 1200. The third kappa shape index (κ3) is 5.79. The zero-order valence-electron chi connectivity index (χ0n) is 20.6. The minimum atomic E-state index is -0.972. The third-order valence-corrected chi connectivity index (χ3v) is 6.52. The van der Waals surface area contributed by atoms with E-state index < -0.39 is 11.9 Å². The lowest BCUT2D eigenvalue weighted by Gasteiger charge is -2.33. The van der Waals surface area contributed by atoms with E-state index >= 15 is 0 Å². The fraction of sp³-hybridized carbons (Fsp3) is 0.310. The highest BCUT2D eigenvalue weighted by molar-refractivity contribution is 6.09. The van der Waals surface area contributed by atoms with E-state index in [1.165, 1.54) is 18.2 Å². The monoisotopic (exact) mass is 485 g/mol. The first-order valence-corrected chi connectivity index (χ1v) is 12.3. The first-order chi connectivity index (χ1) is 17.5. The fourth-order valence-electron chi connectivity index (χ4n) is 4.61. The van der Waals surface area contributed by atoms with Crippen LogP contribution in [0.3, 0.4) is 0 Å². The summed E-state index contributed by atoms with van der Waals surface area (Å²) < 4.78 is 5.42. The van der Waals surface area contributed by atoms with Crippen LogP contribution in [0.2, 0.25) is 0 Å². The topological polar surface area (TPSA) is 88.6 Å². The van der Waals surface area contributed by atoms with Gasteiger partial charge in [-0.25, -0.2) is 0 Å². The smallest absolute Gasteiger partial charge is 0.277 e. The molecule has 3 aromatic rings. The van der Waals surface area contributed by atoms with Crippen molar-refractivity contribution in [3.8, 4) is 5.75 Å². The molecule has 2 aromatic carbocycles. The molecule has 36 heavy (non-hydrogen) atoms. The molecule has 0 aliphatic heterocycles. The first-order valence-electron chi connectivity index (χ1n) is 12.3. The maximum Gasteiger partial charge on any atom is 0.277 e. The molecule has 1 aliphatic carbocycles. The van der Waals surface area contributed by atoms with Crippen molar-refractivity contribution in [3.63, 3.8) is 0 Å². The van der Waals surface area contributed by atoms with E-state index in [1.54, 1.807) is 74.0 Å². The van der Waals surface area contributed by atoms with Crippen LogP contribution < -0.4 is 15.0 Å². The van der Waals surface area contributed by atoms with Gasteiger partial charge in [-0.2, -0.15) is 0 Å². The number of amides is 2. The molecule has 1 saturated carbocycles. The molecule has 1 heterocycles. The summed E-state index contributed by atoms with van der Waals surface area (Å²) in [5, 5.41) is 3.19. The zero-order chi connectivity index (χ0) is 25.5. The zero-order valence-corrected chi connectivity index (χ0v) is 20.6. The minimum absolute atomic E-state index is 0.0613. The molecule has 186 valence electrons. The van der Waals surface area contributed by atoms with Gasteiger partial charge in [0.1, 0.15) is 17.5 Å². The summed E-state index contributed by atoms with van der Waals surface area (Å²) in [6.45, 7) is 1.49. The lowest BCUT2D eigenvalue weighted by Crippen LogP contribution is -2.47. The number of carbonyl (C=O) groups is 3. The number of ether oxygens (including phenoxy) is 1.